The van der Waals surface area contributed by atoms with Gasteiger partial charge in [-0.3, -0.25) is 14.8 Å². The highest BCUT2D eigenvalue weighted by atomic mass is 16.5. The van der Waals surface area contributed by atoms with Gasteiger partial charge in [-0.15, -0.1) is 6.58 Å². The summed E-state index contributed by atoms with van der Waals surface area (Å²) >= 11 is 0. The van der Waals surface area contributed by atoms with E-state index in [0.29, 0.717) is 0 Å². The molecule has 7 heteroatoms. The number of nitrogens with zero attached hydrogens (tertiary/aromatic N) is 1. The maximum atomic E-state index is 12.9. The Morgan fingerprint density at radius 1 is 1.22 bits per heavy atom. The number of allylic oxidation sites excluding steroid dienone is 1. The van der Waals surface area contributed by atoms with Gasteiger partial charge in [-0.05, 0) is 17.9 Å². The van der Waals surface area contributed by atoms with E-state index < -0.39 is 29.7 Å². The molecule has 0 fully saturated rings. The molecule has 0 aliphatic carbocycles. The number of hydroxylamine groups is 1. The van der Waals surface area contributed by atoms with E-state index in [2.05, 4.69) is 6.58 Å². The summed E-state index contributed by atoms with van der Waals surface area (Å²) in [5, 5.41) is 18.6. The monoisotopic (exact) mass is 376 g/mol. The Labute approximate surface area is 159 Å². The Kier molecular flexibility index (Phi) is 9.22. The standard InChI is InChI=1S/C20H28N2O5/c1-4-8-16(19(24)21-27)12-18(23)22(13-14(2)3)17(20(25)26)11-15-9-6-5-7-10-15/h4-7,9-10,14,16-17,27H,1,8,11-13H2,2-3H3,(H,21,24)(H,25,26)/t16-,17-/m0/s1. The van der Waals surface area contributed by atoms with Crippen LogP contribution < -0.4 is 5.48 Å². The van der Waals surface area contributed by atoms with Crippen molar-refractivity contribution in [3.05, 3.63) is 48.6 Å². The van der Waals surface area contributed by atoms with Crippen LogP contribution in [0.15, 0.2) is 43.0 Å². The molecule has 27 heavy (non-hydrogen) atoms. The van der Waals surface area contributed by atoms with Gasteiger partial charge in [0, 0.05) is 19.4 Å². The number of hydrogen-bond acceptors (Lipinski definition) is 4. The van der Waals surface area contributed by atoms with Crippen molar-refractivity contribution in [1.82, 2.24) is 10.4 Å². The molecule has 0 saturated carbocycles. The normalized spacial score (nSPS) is 12.9. The summed E-state index contributed by atoms with van der Waals surface area (Å²) < 4.78 is 0. The van der Waals surface area contributed by atoms with Crippen LogP contribution in [0.1, 0.15) is 32.3 Å². The van der Waals surface area contributed by atoms with Crippen LogP contribution in [0.4, 0.5) is 0 Å². The van der Waals surface area contributed by atoms with Gasteiger partial charge < -0.3 is 10.0 Å². The number of nitrogens with one attached hydrogen (secondary N) is 1. The first-order valence-electron chi connectivity index (χ1n) is 8.91. The Bertz CT molecular complexity index is 645. The minimum atomic E-state index is -1.10. The maximum Gasteiger partial charge on any atom is 0.326 e. The second kappa shape index (κ2) is 11.1. The van der Waals surface area contributed by atoms with Crippen molar-refractivity contribution in [1.29, 1.82) is 0 Å². The minimum absolute atomic E-state index is 0.0519. The fourth-order valence-corrected chi connectivity index (χ4v) is 2.87. The molecule has 2 amide bonds. The lowest BCUT2D eigenvalue weighted by atomic mass is 9.97. The summed E-state index contributed by atoms with van der Waals surface area (Å²) in [4.78, 5) is 37.9. The summed E-state index contributed by atoms with van der Waals surface area (Å²) in [5.41, 5.74) is 2.36. The van der Waals surface area contributed by atoms with Crippen molar-refractivity contribution in [3.8, 4) is 0 Å². The highest BCUT2D eigenvalue weighted by Crippen LogP contribution is 2.18. The Hall–Kier alpha value is -2.67. The van der Waals surface area contributed by atoms with E-state index in [1.54, 1.807) is 5.48 Å². The van der Waals surface area contributed by atoms with E-state index >= 15 is 0 Å². The molecule has 0 saturated heterocycles. The largest absolute Gasteiger partial charge is 0.480 e. The van der Waals surface area contributed by atoms with Gasteiger partial charge >= 0.3 is 5.97 Å². The van der Waals surface area contributed by atoms with Crippen LogP contribution in [-0.2, 0) is 20.8 Å². The number of amides is 2. The molecular formula is C20H28N2O5. The predicted molar refractivity (Wildman–Crippen MR) is 101 cm³/mol. The van der Waals surface area contributed by atoms with Crippen LogP contribution in [-0.4, -0.2) is 45.6 Å². The molecule has 1 aromatic rings. The van der Waals surface area contributed by atoms with Crippen molar-refractivity contribution >= 4 is 17.8 Å². The lowest BCUT2D eigenvalue weighted by Gasteiger charge is -2.31. The molecule has 0 heterocycles. The van der Waals surface area contributed by atoms with Crippen molar-refractivity contribution in [2.24, 2.45) is 11.8 Å². The summed E-state index contributed by atoms with van der Waals surface area (Å²) in [7, 11) is 0. The zero-order valence-corrected chi connectivity index (χ0v) is 15.8. The molecule has 0 bridgehead atoms. The first kappa shape index (κ1) is 22.4. The van der Waals surface area contributed by atoms with Crippen LogP contribution in [0, 0.1) is 11.8 Å². The van der Waals surface area contributed by atoms with Gasteiger partial charge in [0.05, 0.1) is 5.92 Å². The number of carbonyl (C=O) groups excluding carboxylic acids is 2. The van der Waals surface area contributed by atoms with Crippen LogP contribution in [0.25, 0.3) is 0 Å². The summed E-state index contributed by atoms with van der Waals surface area (Å²) in [6.07, 6.45) is 1.65. The molecule has 0 radical (unpaired) electrons. The molecule has 0 aliphatic heterocycles. The third kappa shape index (κ3) is 7.22. The van der Waals surface area contributed by atoms with Crippen molar-refractivity contribution in [2.45, 2.75) is 39.2 Å². The Balaban J connectivity index is 3.07. The zero-order valence-electron chi connectivity index (χ0n) is 15.8. The average Bonchev–Trinajstić information content (AvgIpc) is 2.63. The fourth-order valence-electron chi connectivity index (χ4n) is 2.87. The van der Waals surface area contributed by atoms with Gasteiger partial charge in [0.2, 0.25) is 11.8 Å². The fraction of sp³-hybridized carbons (Fsp3) is 0.450. The van der Waals surface area contributed by atoms with Crippen molar-refractivity contribution in [3.63, 3.8) is 0 Å². The summed E-state index contributed by atoms with van der Waals surface area (Å²) in [6, 6.07) is 8.05. The van der Waals surface area contributed by atoms with E-state index in [9.17, 15) is 19.5 Å². The molecule has 1 rings (SSSR count). The van der Waals surface area contributed by atoms with Gasteiger partial charge in [0.25, 0.3) is 0 Å². The lowest BCUT2D eigenvalue weighted by Crippen LogP contribution is -2.49. The molecule has 3 N–H and O–H groups in total. The number of carbonyl (C=O) groups is 3. The molecule has 0 unspecified atom stereocenters. The first-order chi connectivity index (χ1) is 12.8. The predicted octanol–water partition coefficient (Wildman–Crippen LogP) is 2.25. The second-order valence-electron chi connectivity index (χ2n) is 6.89. The van der Waals surface area contributed by atoms with Crippen molar-refractivity contribution in [2.75, 3.05) is 6.54 Å². The van der Waals surface area contributed by atoms with Crippen LogP contribution in [0.2, 0.25) is 0 Å². The average molecular weight is 376 g/mol. The van der Waals surface area contributed by atoms with E-state index in [1.807, 2.05) is 44.2 Å². The number of carboxylic acid groups (broad SMARTS) is 1. The second-order valence-corrected chi connectivity index (χ2v) is 6.89. The molecule has 0 aromatic heterocycles. The van der Waals surface area contributed by atoms with E-state index in [0.717, 1.165) is 5.56 Å². The van der Waals surface area contributed by atoms with E-state index in [1.165, 1.54) is 11.0 Å². The Morgan fingerprint density at radius 3 is 2.33 bits per heavy atom. The van der Waals surface area contributed by atoms with Gasteiger partial charge in [0.15, 0.2) is 0 Å². The van der Waals surface area contributed by atoms with Crippen LogP contribution in [0.3, 0.4) is 0 Å². The number of carboxylic acids is 1. The molecule has 0 aliphatic rings. The third-order valence-corrected chi connectivity index (χ3v) is 4.17. The molecule has 0 spiro atoms. The van der Waals surface area contributed by atoms with Gasteiger partial charge in [-0.2, -0.15) is 0 Å². The molecule has 7 nitrogen and oxygen atoms in total. The quantitative estimate of drug-likeness (QED) is 0.312. The summed E-state index contributed by atoms with van der Waals surface area (Å²) in [5.74, 6) is -2.98. The topological polar surface area (TPSA) is 107 Å². The third-order valence-electron chi connectivity index (χ3n) is 4.17. The van der Waals surface area contributed by atoms with Crippen LogP contribution >= 0.6 is 0 Å². The van der Waals surface area contributed by atoms with E-state index in [-0.39, 0.29) is 31.7 Å². The number of rotatable bonds is 11. The molecule has 2 atom stereocenters. The lowest BCUT2D eigenvalue weighted by molar-refractivity contribution is -0.151. The molecule has 148 valence electrons. The molecular weight excluding hydrogens is 348 g/mol. The summed E-state index contributed by atoms with van der Waals surface area (Å²) in [6.45, 7) is 7.59. The highest BCUT2D eigenvalue weighted by Gasteiger charge is 2.32. The van der Waals surface area contributed by atoms with Gasteiger partial charge in [0.1, 0.15) is 6.04 Å². The van der Waals surface area contributed by atoms with Crippen LogP contribution in [0.5, 0.6) is 0 Å². The highest BCUT2D eigenvalue weighted by molar-refractivity contribution is 5.88. The van der Waals surface area contributed by atoms with Crippen molar-refractivity contribution < 1.29 is 24.7 Å². The minimum Gasteiger partial charge on any atom is -0.480 e. The number of hydrogen-bond donors (Lipinski definition) is 3. The zero-order chi connectivity index (χ0) is 20.4. The molecule has 1 aromatic carbocycles. The van der Waals surface area contributed by atoms with Gasteiger partial charge in [-0.25, -0.2) is 10.3 Å². The first-order valence-corrected chi connectivity index (χ1v) is 8.91. The van der Waals surface area contributed by atoms with Gasteiger partial charge in [-0.1, -0.05) is 50.3 Å². The Morgan fingerprint density at radius 2 is 1.85 bits per heavy atom. The SMILES string of the molecule is C=CC[C@@H](CC(=O)N(CC(C)C)[C@@H](Cc1ccccc1)C(=O)O)C(=O)NO. The smallest absolute Gasteiger partial charge is 0.326 e. The van der Waals surface area contributed by atoms with E-state index in [4.69, 9.17) is 5.21 Å². The maximum absolute atomic E-state index is 12.9. The number of benzene rings is 1. The number of aliphatic carboxylic acids is 1.